The summed E-state index contributed by atoms with van der Waals surface area (Å²) >= 11 is 0. The van der Waals surface area contributed by atoms with Gasteiger partial charge < -0.3 is 20.1 Å². The number of phenols is 1. The SMILES string of the molecule is C[C@H]1[C@H](C)CC[C@]2(COc3ccc(O)cc3)CC[C@]3(C(=O)O)C(=CC[C@@H]4[C@@]5(C)CC[C@H](O)C(C)(C)[C@@H]5CC[C@]43C)[C@H]12. The highest BCUT2D eigenvalue weighted by Crippen LogP contribution is 2.76. The molecule has 0 aliphatic heterocycles. The lowest BCUT2D eigenvalue weighted by Gasteiger charge is -2.70. The minimum Gasteiger partial charge on any atom is -0.508 e. The van der Waals surface area contributed by atoms with Crippen LogP contribution in [-0.4, -0.2) is 34.0 Å². The van der Waals surface area contributed by atoms with Crippen molar-refractivity contribution >= 4 is 5.97 Å². The van der Waals surface area contributed by atoms with Crippen molar-refractivity contribution < 1.29 is 24.9 Å². The van der Waals surface area contributed by atoms with Gasteiger partial charge in [-0.25, -0.2) is 0 Å². The molecular formula is C36H52O5. The lowest BCUT2D eigenvalue weighted by Crippen LogP contribution is -2.67. The number of carbonyl (C=O) groups is 1. The first kappa shape index (κ1) is 29.1. The van der Waals surface area contributed by atoms with Gasteiger partial charge in [0.25, 0.3) is 0 Å². The van der Waals surface area contributed by atoms with Gasteiger partial charge in [-0.1, -0.05) is 53.2 Å². The van der Waals surface area contributed by atoms with Crippen LogP contribution in [0.25, 0.3) is 0 Å². The monoisotopic (exact) mass is 564 g/mol. The number of carboxylic acid groups (broad SMARTS) is 1. The molecule has 0 saturated heterocycles. The Hall–Kier alpha value is -2.01. The lowest BCUT2D eigenvalue weighted by molar-refractivity contribution is -0.216. The molecule has 10 atom stereocenters. The zero-order chi connectivity index (χ0) is 29.6. The van der Waals surface area contributed by atoms with E-state index >= 15 is 0 Å². The molecule has 226 valence electrons. The summed E-state index contributed by atoms with van der Waals surface area (Å²) in [5, 5.41) is 32.1. The number of carboxylic acids is 1. The number of benzene rings is 1. The van der Waals surface area contributed by atoms with Crippen molar-refractivity contribution in [2.24, 2.45) is 56.7 Å². The molecule has 0 unspecified atom stereocenters. The highest BCUT2D eigenvalue weighted by Gasteiger charge is 2.72. The number of aliphatic carboxylic acids is 1. The van der Waals surface area contributed by atoms with E-state index in [2.05, 4.69) is 47.6 Å². The Kier molecular flexibility index (Phi) is 6.73. The van der Waals surface area contributed by atoms with Crippen LogP contribution in [0.2, 0.25) is 0 Å². The van der Waals surface area contributed by atoms with Gasteiger partial charge in [0.15, 0.2) is 0 Å². The molecule has 4 fully saturated rings. The normalized spacial score (nSPS) is 46.7. The van der Waals surface area contributed by atoms with E-state index in [1.54, 1.807) is 12.1 Å². The lowest BCUT2D eigenvalue weighted by atomic mass is 9.33. The van der Waals surface area contributed by atoms with Crippen LogP contribution >= 0.6 is 0 Å². The molecule has 5 aliphatic carbocycles. The topological polar surface area (TPSA) is 87.0 Å². The summed E-state index contributed by atoms with van der Waals surface area (Å²) in [6.45, 7) is 14.6. The van der Waals surface area contributed by atoms with Gasteiger partial charge in [0.05, 0.1) is 18.1 Å². The summed E-state index contributed by atoms with van der Waals surface area (Å²) in [6.07, 6.45) is 10.5. The second kappa shape index (κ2) is 9.49. The van der Waals surface area contributed by atoms with E-state index < -0.39 is 11.4 Å². The number of ether oxygens (including phenoxy) is 1. The number of hydrogen-bond acceptors (Lipinski definition) is 4. The number of phenolic OH excluding ortho intramolecular Hbond substituents is 1. The molecule has 0 amide bonds. The number of aliphatic hydroxyl groups is 1. The molecule has 5 heteroatoms. The molecule has 1 aromatic rings. The Morgan fingerprint density at radius 2 is 1.63 bits per heavy atom. The molecule has 0 aromatic heterocycles. The summed E-state index contributed by atoms with van der Waals surface area (Å²) in [4.78, 5) is 13.9. The van der Waals surface area contributed by atoms with Gasteiger partial charge in [-0.2, -0.15) is 0 Å². The Labute approximate surface area is 246 Å². The molecule has 1 aromatic carbocycles. The average Bonchev–Trinajstić information content (AvgIpc) is 2.92. The second-order valence-corrected chi connectivity index (χ2v) is 16.0. The predicted molar refractivity (Wildman–Crippen MR) is 161 cm³/mol. The van der Waals surface area contributed by atoms with E-state index in [0.29, 0.717) is 30.8 Å². The number of rotatable bonds is 4. The third kappa shape index (κ3) is 3.85. The van der Waals surface area contributed by atoms with E-state index in [9.17, 15) is 20.1 Å². The molecule has 5 aliphatic rings. The van der Waals surface area contributed by atoms with Crippen LogP contribution in [0, 0.1) is 56.7 Å². The molecule has 0 spiro atoms. The van der Waals surface area contributed by atoms with Crippen molar-refractivity contribution in [2.45, 2.75) is 105 Å². The smallest absolute Gasteiger partial charge is 0.314 e. The largest absolute Gasteiger partial charge is 0.508 e. The molecule has 5 nitrogen and oxygen atoms in total. The maximum atomic E-state index is 13.9. The van der Waals surface area contributed by atoms with Crippen LogP contribution in [0.15, 0.2) is 35.9 Å². The predicted octanol–water partition coefficient (Wildman–Crippen LogP) is 7.85. The number of hydrogen-bond donors (Lipinski definition) is 3. The quantitative estimate of drug-likeness (QED) is 0.324. The maximum Gasteiger partial charge on any atom is 0.314 e. The summed E-state index contributed by atoms with van der Waals surface area (Å²) in [5.74, 6) is 2.15. The number of aromatic hydroxyl groups is 1. The van der Waals surface area contributed by atoms with Crippen molar-refractivity contribution in [3.05, 3.63) is 35.9 Å². The van der Waals surface area contributed by atoms with Gasteiger partial charge in [-0.3, -0.25) is 4.79 Å². The summed E-state index contributed by atoms with van der Waals surface area (Å²) in [6, 6.07) is 6.99. The third-order valence-corrected chi connectivity index (χ3v) is 14.3. The van der Waals surface area contributed by atoms with Crippen LogP contribution in [0.3, 0.4) is 0 Å². The summed E-state index contributed by atoms with van der Waals surface area (Å²) in [7, 11) is 0. The van der Waals surface area contributed by atoms with Gasteiger partial charge in [0.2, 0.25) is 0 Å². The van der Waals surface area contributed by atoms with E-state index in [1.807, 2.05) is 12.1 Å². The molecule has 3 N–H and O–H groups in total. The molecule has 0 radical (unpaired) electrons. The Morgan fingerprint density at radius 3 is 2.32 bits per heavy atom. The fourth-order valence-electron chi connectivity index (χ4n) is 11.8. The van der Waals surface area contributed by atoms with Crippen LogP contribution < -0.4 is 4.74 Å². The Balaban J connectivity index is 1.43. The van der Waals surface area contributed by atoms with Crippen LogP contribution in [-0.2, 0) is 4.79 Å². The average molecular weight is 565 g/mol. The van der Waals surface area contributed by atoms with Crippen LogP contribution in [0.5, 0.6) is 11.5 Å². The van der Waals surface area contributed by atoms with E-state index in [1.165, 1.54) is 5.57 Å². The first-order chi connectivity index (χ1) is 19.2. The number of aliphatic hydroxyl groups excluding tert-OH is 1. The second-order valence-electron chi connectivity index (χ2n) is 16.0. The molecule has 6 rings (SSSR count). The molecule has 0 bridgehead atoms. The van der Waals surface area contributed by atoms with Crippen LogP contribution in [0.4, 0.5) is 0 Å². The van der Waals surface area contributed by atoms with Crippen LogP contribution in [0.1, 0.15) is 99.3 Å². The van der Waals surface area contributed by atoms with Crippen molar-refractivity contribution in [1.29, 1.82) is 0 Å². The third-order valence-electron chi connectivity index (χ3n) is 14.3. The van der Waals surface area contributed by atoms with E-state index in [0.717, 1.165) is 57.1 Å². The van der Waals surface area contributed by atoms with Crippen molar-refractivity contribution in [3.8, 4) is 11.5 Å². The fourth-order valence-corrected chi connectivity index (χ4v) is 11.8. The maximum absolute atomic E-state index is 13.9. The van der Waals surface area contributed by atoms with Crippen molar-refractivity contribution in [1.82, 2.24) is 0 Å². The van der Waals surface area contributed by atoms with E-state index in [4.69, 9.17) is 4.74 Å². The standard InChI is InChI=1S/C36H52O5/c1-22-13-18-35(21-41-25-9-7-24(37)8-10-25)19-20-36(31(39)40)26(30(35)23(22)2)11-12-28-33(5)16-15-29(38)32(3,4)27(33)14-17-34(28,36)6/h7-11,22-23,27-30,37-38H,12-21H2,1-6H3,(H,39,40)/t22-,23+,27+,28-,29+,30+,33+,34-,35-,36-/m1/s1. The van der Waals surface area contributed by atoms with Gasteiger partial charge in [0.1, 0.15) is 11.5 Å². The Bertz CT molecular complexity index is 1220. The molecule has 0 heterocycles. The van der Waals surface area contributed by atoms with E-state index in [-0.39, 0.29) is 45.3 Å². The molecular weight excluding hydrogens is 512 g/mol. The summed E-state index contributed by atoms with van der Waals surface area (Å²) in [5.41, 5.74) is -0.202. The fraction of sp³-hybridized carbons (Fsp3) is 0.750. The number of allylic oxidation sites excluding steroid dienone is 1. The molecule has 41 heavy (non-hydrogen) atoms. The summed E-state index contributed by atoms with van der Waals surface area (Å²) < 4.78 is 6.46. The Morgan fingerprint density at radius 1 is 0.927 bits per heavy atom. The highest BCUT2D eigenvalue weighted by atomic mass is 16.5. The van der Waals surface area contributed by atoms with Gasteiger partial charge in [0, 0.05) is 5.41 Å². The molecule has 4 saturated carbocycles. The highest BCUT2D eigenvalue weighted by molar-refractivity contribution is 5.81. The zero-order valence-corrected chi connectivity index (χ0v) is 26.1. The van der Waals surface area contributed by atoms with Gasteiger partial charge in [-0.05, 0) is 128 Å². The van der Waals surface area contributed by atoms with Gasteiger partial charge in [-0.15, -0.1) is 0 Å². The number of fused-ring (bicyclic) bond motifs is 7. The first-order valence-electron chi connectivity index (χ1n) is 16.3. The minimum absolute atomic E-state index is 0.0161. The first-order valence-corrected chi connectivity index (χ1v) is 16.3. The van der Waals surface area contributed by atoms with Crippen molar-refractivity contribution in [3.63, 3.8) is 0 Å². The van der Waals surface area contributed by atoms with Gasteiger partial charge >= 0.3 is 5.97 Å². The zero-order valence-electron chi connectivity index (χ0n) is 26.1. The minimum atomic E-state index is -0.859. The van der Waals surface area contributed by atoms with Crippen molar-refractivity contribution in [2.75, 3.05) is 6.61 Å².